The van der Waals surface area contributed by atoms with Crippen molar-refractivity contribution >= 4 is 38.9 Å². The summed E-state index contributed by atoms with van der Waals surface area (Å²) < 4.78 is 45.0. The van der Waals surface area contributed by atoms with Gasteiger partial charge in [-0.15, -0.1) is 11.3 Å². The van der Waals surface area contributed by atoms with Gasteiger partial charge in [0.05, 0.1) is 28.0 Å². The van der Waals surface area contributed by atoms with Crippen molar-refractivity contribution in [2.24, 2.45) is 5.92 Å². The van der Waals surface area contributed by atoms with Crippen molar-refractivity contribution in [3.63, 3.8) is 0 Å². The third-order valence-corrected chi connectivity index (χ3v) is 7.08. The van der Waals surface area contributed by atoms with Crippen LogP contribution >= 0.6 is 11.3 Å². The summed E-state index contributed by atoms with van der Waals surface area (Å²) in [5, 5.41) is 3.57. The van der Waals surface area contributed by atoms with Gasteiger partial charge in [-0.3, -0.25) is 9.59 Å². The van der Waals surface area contributed by atoms with E-state index in [9.17, 15) is 22.8 Å². The molecule has 0 bridgehead atoms. The summed E-state index contributed by atoms with van der Waals surface area (Å²) in [6, 6.07) is 6.58. The van der Waals surface area contributed by atoms with Crippen molar-refractivity contribution in [1.82, 2.24) is 9.97 Å². The number of amides is 1. The fraction of sp³-hybridized carbons (Fsp3) is 0.391. The first-order valence-corrected chi connectivity index (χ1v) is 11.3. The number of hydrogen-bond acceptors (Lipinski definition) is 6. The molecule has 33 heavy (non-hydrogen) atoms. The van der Waals surface area contributed by atoms with Gasteiger partial charge >= 0.3 is 6.18 Å². The Morgan fingerprint density at radius 1 is 1.12 bits per heavy atom. The average molecular weight is 478 g/mol. The maximum Gasteiger partial charge on any atom is 0.433 e. The Morgan fingerprint density at radius 2 is 1.85 bits per heavy atom. The third-order valence-electron chi connectivity index (χ3n) is 5.90. The number of nitrogens with zero attached hydrogens (tertiary/aromatic N) is 2. The lowest BCUT2D eigenvalue weighted by molar-refractivity contribution is -0.141. The van der Waals surface area contributed by atoms with E-state index in [2.05, 4.69) is 10.3 Å². The summed E-state index contributed by atoms with van der Waals surface area (Å²) in [5.74, 6) is 0.211. The Bertz CT molecular complexity index is 1200. The van der Waals surface area contributed by atoms with Gasteiger partial charge in [0.1, 0.15) is 22.9 Å². The minimum absolute atomic E-state index is 0.127. The highest BCUT2D eigenvalue weighted by Crippen LogP contribution is 2.41. The molecular formula is C23H22F3N3O3S. The molecular weight excluding hydrogens is 455 g/mol. The first kappa shape index (κ1) is 23.2. The zero-order chi connectivity index (χ0) is 23.8. The van der Waals surface area contributed by atoms with Crippen molar-refractivity contribution in [1.29, 1.82) is 0 Å². The van der Waals surface area contributed by atoms with Gasteiger partial charge in [0.2, 0.25) is 0 Å². The van der Waals surface area contributed by atoms with Crippen LogP contribution in [0.2, 0.25) is 0 Å². The van der Waals surface area contributed by atoms with Crippen LogP contribution in [0.4, 0.5) is 18.9 Å². The van der Waals surface area contributed by atoms with Crippen LogP contribution in [0.5, 0.6) is 5.75 Å². The predicted molar refractivity (Wildman–Crippen MR) is 119 cm³/mol. The van der Waals surface area contributed by atoms with Crippen LogP contribution in [0.3, 0.4) is 0 Å². The summed E-state index contributed by atoms with van der Waals surface area (Å²) in [4.78, 5) is 32.4. The standard InChI is InChI=1S/C23H22F3N3O3S/c1-12(30)13-6-8-14(9-7-13)22-29-17-10-18(32-2)16(11-19(17)33-22)28-21(31)15-4-3-5-20(27-15)23(24,25)26/h3-5,10-11,13-14H,6-9H2,1-2H3,(H,28,31)/t13-,14-. The molecule has 2 heterocycles. The first-order chi connectivity index (χ1) is 15.7. The molecule has 6 nitrogen and oxygen atoms in total. The van der Waals surface area contributed by atoms with Crippen molar-refractivity contribution in [2.75, 3.05) is 12.4 Å². The number of ether oxygens (including phenoxy) is 1. The van der Waals surface area contributed by atoms with Gasteiger partial charge in [0.15, 0.2) is 0 Å². The van der Waals surface area contributed by atoms with E-state index in [-0.39, 0.29) is 23.3 Å². The van der Waals surface area contributed by atoms with Crippen LogP contribution in [0, 0.1) is 5.92 Å². The van der Waals surface area contributed by atoms with Crippen LogP contribution in [0.1, 0.15) is 59.7 Å². The van der Waals surface area contributed by atoms with E-state index in [0.29, 0.717) is 11.4 Å². The number of rotatable bonds is 5. The number of pyridine rings is 1. The second-order valence-corrected chi connectivity index (χ2v) is 9.15. The van der Waals surface area contributed by atoms with Gasteiger partial charge in [-0.2, -0.15) is 13.2 Å². The molecule has 0 atom stereocenters. The maximum atomic E-state index is 12.9. The Morgan fingerprint density at radius 3 is 2.48 bits per heavy atom. The van der Waals surface area contributed by atoms with E-state index < -0.39 is 17.8 Å². The summed E-state index contributed by atoms with van der Waals surface area (Å²) in [7, 11) is 1.44. The fourth-order valence-corrected chi connectivity index (χ4v) is 5.22. The molecule has 0 radical (unpaired) electrons. The molecule has 10 heteroatoms. The van der Waals surface area contributed by atoms with Crippen molar-refractivity contribution < 1.29 is 27.5 Å². The molecule has 1 saturated carbocycles. The number of carbonyl (C=O) groups excluding carboxylic acids is 2. The molecule has 4 rings (SSSR count). The summed E-state index contributed by atoms with van der Waals surface area (Å²) in [6.07, 6.45) is -1.15. The lowest BCUT2D eigenvalue weighted by Gasteiger charge is -2.25. The van der Waals surface area contributed by atoms with Crippen molar-refractivity contribution in [3.8, 4) is 5.75 Å². The van der Waals surface area contributed by atoms with Gasteiger partial charge < -0.3 is 10.1 Å². The second-order valence-electron chi connectivity index (χ2n) is 8.09. The smallest absolute Gasteiger partial charge is 0.433 e. The first-order valence-electron chi connectivity index (χ1n) is 10.5. The van der Waals surface area contributed by atoms with E-state index in [1.54, 1.807) is 19.1 Å². The number of ketones is 1. The van der Waals surface area contributed by atoms with Gasteiger partial charge in [0, 0.05) is 17.9 Å². The zero-order valence-electron chi connectivity index (χ0n) is 18.0. The summed E-state index contributed by atoms with van der Waals surface area (Å²) in [6.45, 7) is 1.64. The Hall–Kier alpha value is -3.01. The number of methoxy groups -OCH3 is 1. The molecule has 1 fully saturated rings. The van der Waals surface area contributed by atoms with Gasteiger partial charge in [0.25, 0.3) is 5.91 Å². The van der Waals surface area contributed by atoms with E-state index in [4.69, 9.17) is 9.72 Å². The molecule has 0 spiro atoms. The van der Waals surface area contributed by atoms with E-state index in [1.165, 1.54) is 24.5 Å². The highest BCUT2D eigenvalue weighted by molar-refractivity contribution is 7.18. The quantitative estimate of drug-likeness (QED) is 0.500. The number of Topliss-reactive ketones (excluding diaryl/α,β-unsaturated/α-hetero) is 1. The van der Waals surface area contributed by atoms with E-state index in [1.807, 2.05) is 0 Å². The monoisotopic (exact) mass is 477 g/mol. The van der Waals surface area contributed by atoms with Crippen LogP contribution in [0.15, 0.2) is 30.3 Å². The minimum Gasteiger partial charge on any atom is -0.494 e. The number of thiazole rings is 1. The molecule has 0 unspecified atom stereocenters. The number of aromatic nitrogens is 2. The van der Waals surface area contributed by atoms with Crippen molar-refractivity contribution in [2.45, 2.75) is 44.7 Å². The highest BCUT2D eigenvalue weighted by atomic mass is 32.1. The number of hydrogen-bond donors (Lipinski definition) is 1. The lowest BCUT2D eigenvalue weighted by Crippen LogP contribution is -2.18. The van der Waals surface area contributed by atoms with Crippen LogP contribution in [-0.4, -0.2) is 28.8 Å². The van der Waals surface area contributed by atoms with Crippen LogP contribution < -0.4 is 10.1 Å². The zero-order valence-corrected chi connectivity index (χ0v) is 18.8. The maximum absolute atomic E-state index is 12.9. The molecule has 1 aliphatic carbocycles. The Balaban J connectivity index is 1.57. The third kappa shape index (κ3) is 5.00. The molecule has 1 aromatic carbocycles. The number of benzene rings is 1. The largest absolute Gasteiger partial charge is 0.494 e. The average Bonchev–Trinajstić information content (AvgIpc) is 3.21. The van der Waals surface area contributed by atoms with Crippen molar-refractivity contribution in [3.05, 3.63) is 46.7 Å². The Labute approximate surface area is 192 Å². The molecule has 1 N–H and O–H groups in total. The summed E-state index contributed by atoms with van der Waals surface area (Å²) in [5.41, 5.74) is -0.441. The number of fused-ring (bicyclic) bond motifs is 1. The summed E-state index contributed by atoms with van der Waals surface area (Å²) >= 11 is 1.51. The normalized spacial score (nSPS) is 18.8. The number of anilines is 1. The van der Waals surface area contributed by atoms with Gasteiger partial charge in [-0.05, 0) is 50.8 Å². The molecule has 2 aromatic heterocycles. The van der Waals surface area contributed by atoms with E-state index >= 15 is 0 Å². The van der Waals surface area contributed by atoms with Crippen LogP contribution in [-0.2, 0) is 11.0 Å². The lowest BCUT2D eigenvalue weighted by atomic mass is 9.80. The number of alkyl halides is 3. The van der Waals surface area contributed by atoms with Gasteiger partial charge in [-0.25, -0.2) is 9.97 Å². The molecule has 1 aliphatic rings. The number of halogens is 3. The topological polar surface area (TPSA) is 81.2 Å². The number of carbonyl (C=O) groups is 2. The molecule has 1 amide bonds. The fourth-order valence-electron chi connectivity index (χ4n) is 4.07. The minimum atomic E-state index is -4.64. The van der Waals surface area contributed by atoms with Gasteiger partial charge in [-0.1, -0.05) is 6.07 Å². The number of nitrogens with one attached hydrogen (secondary N) is 1. The molecule has 0 saturated heterocycles. The second kappa shape index (κ2) is 9.09. The van der Waals surface area contributed by atoms with Crippen LogP contribution in [0.25, 0.3) is 10.2 Å². The molecule has 174 valence electrons. The Kier molecular flexibility index (Phi) is 6.38. The predicted octanol–water partition coefficient (Wildman–Crippen LogP) is 5.83. The molecule has 3 aromatic rings. The molecule has 0 aliphatic heterocycles. The van der Waals surface area contributed by atoms with E-state index in [0.717, 1.165) is 53.0 Å². The highest BCUT2D eigenvalue weighted by Gasteiger charge is 2.33. The SMILES string of the molecule is COc1cc2nc([C@H]3CC[C@H](C(C)=O)CC3)sc2cc1NC(=O)c1cccc(C(F)(F)F)n1.